The minimum Gasteiger partial charge on any atom is -0.379 e. The first kappa shape index (κ1) is 19.0. The van der Waals surface area contributed by atoms with Crippen molar-refractivity contribution >= 4 is 29.9 Å². The molecule has 1 unspecified atom stereocenters. The van der Waals surface area contributed by atoms with Crippen LogP contribution in [-0.2, 0) is 4.74 Å². The van der Waals surface area contributed by atoms with Crippen molar-refractivity contribution in [3.05, 3.63) is 12.2 Å². The van der Waals surface area contributed by atoms with Crippen molar-refractivity contribution in [3.63, 3.8) is 0 Å². The van der Waals surface area contributed by atoms with Gasteiger partial charge in [-0.05, 0) is 32.1 Å². The fourth-order valence-electron chi connectivity index (χ4n) is 3.20. The average molecular weight is 434 g/mol. The summed E-state index contributed by atoms with van der Waals surface area (Å²) in [6.07, 6.45) is 8.50. The maximum atomic E-state index is 5.68. The van der Waals surface area contributed by atoms with E-state index in [9.17, 15) is 0 Å². The van der Waals surface area contributed by atoms with Crippen molar-refractivity contribution in [2.45, 2.75) is 32.2 Å². The molecule has 5 nitrogen and oxygen atoms in total. The molecule has 0 bridgehead atoms. The van der Waals surface area contributed by atoms with Gasteiger partial charge in [-0.3, -0.25) is 9.89 Å². The van der Waals surface area contributed by atoms with Crippen molar-refractivity contribution in [1.82, 2.24) is 15.1 Å². The number of nitrogens with zero attached hydrogens (tertiary/aromatic N) is 3. The van der Waals surface area contributed by atoms with E-state index in [1.807, 2.05) is 0 Å². The molecule has 0 spiro atoms. The highest BCUT2D eigenvalue weighted by Crippen LogP contribution is 2.28. The zero-order chi connectivity index (χ0) is 15.2. The second-order valence-electron chi connectivity index (χ2n) is 6.57. The molecule has 3 aliphatic rings. The molecule has 0 amide bonds. The number of guanidine groups is 1. The van der Waals surface area contributed by atoms with Crippen molar-refractivity contribution in [3.8, 4) is 0 Å². The van der Waals surface area contributed by atoms with Gasteiger partial charge in [0, 0.05) is 45.4 Å². The first-order valence-corrected chi connectivity index (χ1v) is 8.87. The van der Waals surface area contributed by atoms with Crippen molar-refractivity contribution in [1.29, 1.82) is 0 Å². The third-order valence-corrected chi connectivity index (χ3v) is 4.71. The van der Waals surface area contributed by atoms with Crippen LogP contribution >= 0.6 is 24.0 Å². The second-order valence-corrected chi connectivity index (χ2v) is 6.57. The highest BCUT2D eigenvalue weighted by atomic mass is 127. The minimum atomic E-state index is 0. The smallest absolute Gasteiger partial charge is 0.194 e. The Morgan fingerprint density at radius 2 is 2.04 bits per heavy atom. The molecule has 3 rings (SSSR count). The topological polar surface area (TPSA) is 40.1 Å². The van der Waals surface area contributed by atoms with Crippen LogP contribution in [0.15, 0.2) is 17.1 Å². The fourth-order valence-corrected chi connectivity index (χ4v) is 3.20. The Morgan fingerprint density at radius 1 is 1.26 bits per heavy atom. The molecule has 6 heteroatoms. The average Bonchev–Trinajstić information content (AvgIpc) is 3.02. The zero-order valence-electron chi connectivity index (χ0n) is 14.2. The van der Waals surface area contributed by atoms with E-state index in [1.165, 1.54) is 19.3 Å². The van der Waals surface area contributed by atoms with Gasteiger partial charge in [-0.15, -0.1) is 24.0 Å². The van der Waals surface area contributed by atoms with E-state index in [1.54, 1.807) is 0 Å². The summed E-state index contributed by atoms with van der Waals surface area (Å²) in [5.41, 5.74) is 0. The number of rotatable bonds is 7. The normalized spacial score (nSPS) is 25.0. The molecule has 0 aromatic heterocycles. The lowest BCUT2D eigenvalue weighted by Gasteiger charge is -2.25. The lowest BCUT2D eigenvalue weighted by molar-refractivity contribution is 0.131. The van der Waals surface area contributed by atoms with Crippen LogP contribution in [0.4, 0.5) is 0 Å². The lowest BCUT2D eigenvalue weighted by Crippen LogP contribution is -2.43. The van der Waals surface area contributed by atoms with Crippen LogP contribution in [0.3, 0.4) is 0 Å². The van der Waals surface area contributed by atoms with E-state index < -0.39 is 0 Å². The van der Waals surface area contributed by atoms with Crippen molar-refractivity contribution in [2.24, 2.45) is 10.9 Å². The van der Waals surface area contributed by atoms with E-state index in [0.717, 1.165) is 64.4 Å². The molecule has 1 saturated heterocycles. The molecule has 1 saturated carbocycles. The Hall–Kier alpha value is -0.340. The number of ether oxygens (including phenoxy) is 1. The first-order valence-electron chi connectivity index (χ1n) is 8.87. The number of nitrogens with one attached hydrogen (secondary N) is 1. The minimum absolute atomic E-state index is 0. The summed E-state index contributed by atoms with van der Waals surface area (Å²) in [5.74, 6) is 1.90. The Labute approximate surface area is 157 Å². The summed E-state index contributed by atoms with van der Waals surface area (Å²) in [6.45, 7) is 9.93. The van der Waals surface area contributed by atoms with Crippen LogP contribution in [-0.4, -0.2) is 74.3 Å². The standard InChI is InChI=1S/C17H30N4O.HI/c1-2-18-17(19-8-12-22-14-15-5-6-15)21-11-7-16(13-21)20-9-3-4-10-20;/h3-4,15-16H,2,5-14H2,1H3,(H,18,19);1H. The number of halogens is 1. The third-order valence-electron chi connectivity index (χ3n) is 4.71. The van der Waals surface area contributed by atoms with E-state index in [-0.39, 0.29) is 24.0 Å². The van der Waals surface area contributed by atoms with Crippen LogP contribution in [0.2, 0.25) is 0 Å². The van der Waals surface area contributed by atoms with Gasteiger partial charge in [0.25, 0.3) is 0 Å². The van der Waals surface area contributed by atoms with Crippen LogP contribution < -0.4 is 5.32 Å². The van der Waals surface area contributed by atoms with Gasteiger partial charge in [0.05, 0.1) is 13.2 Å². The zero-order valence-corrected chi connectivity index (χ0v) is 16.6. The van der Waals surface area contributed by atoms with Crippen LogP contribution in [0.1, 0.15) is 26.2 Å². The number of hydrogen-bond donors (Lipinski definition) is 1. The Balaban J connectivity index is 0.00000192. The SMILES string of the molecule is CCNC(=NCCOCC1CC1)N1CCC(N2CC=CC2)C1.I. The summed E-state index contributed by atoms with van der Waals surface area (Å²) in [5, 5.41) is 3.43. The van der Waals surface area contributed by atoms with Crippen molar-refractivity contribution in [2.75, 3.05) is 52.5 Å². The van der Waals surface area contributed by atoms with Gasteiger partial charge >= 0.3 is 0 Å². The molecule has 23 heavy (non-hydrogen) atoms. The van der Waals surface area contributed by atoms with E-state index in [0.29, 0.717) is 6.04 Å². The molecule has 0 radical (unpaired) electrons. The first-order chi connectivity index (χ1) is 10.9. The summed E-state index contributed by atoms with van der Waals surface area (Å²) in [4.78, 5) is 9.71. The molecular formula is C17H31IN4O. The Kier molecular flexibility index (Phi) is 8.12. The summed E-state index contributed by atoms with van der Waals surface area (Å²) < 4.78 is 5.68. The van der Waals surface area contributed by atoms with E-state index in [4.69, 9.17) is 9.73 Å². The Bertz CT molecular complexity index is 403. The molecule has 0 aromatic carbocycles. The summed E-state index contributed by atoms with van der Waals surface area (Å²) in [7, 11) is 0. The van der Waals surface area contributed by atoms with E-state index >= 15 is 0 Å². The highest BCUT2D eigenvalue weighted by molar-refractivity contribution is 14.0. The molecular weight excluding hydrogens is 403 g/mol. The van der Waals surface area contributed by atoms with Gasteiger partial charge in [-0.1, -0.05) is 12.2 Å². The second kappa shape index (κ2) is 9.84. The van der Waals surface area contributed by atoms with Crippen molar-refractivity contribution < 1.29 is 4.74 Å². The largest absolute Gasteiger partial charge is 0.379 e. The fraction of sp³-hybridized carbons (Fsp3) is 0.824. The van der Waals surface area contributed by atoms with E-state index in [2.05, 4.69) is 34.2 Å². The van der Waals surface area contributed by atoms with Crippen LogP contribution in [0.5, 0.6) is 0 Å². The summed E-state index contributed by atoms with van der Waals surface area (Å²) in [6, 6.07) is 0.671. The predicted octanol–water partition coefficient (Wildman–Crippen LogP) is 1.94. The predicted molar refractivity (Wildman–Crippen MR) is 106 cm³/mol. The molecule has 1 N–H and O–H groups in total. The number of aliphatic imine (C=N–C) groups is 1. The molecule has 2 heterocycles. The third kappa shape index (κ3) is 5.90. The highest BCUT2D eigenvalue weighted by Gasteiger charge is 2.29. The van der Waals surface area contributed by atoms with Gasteiger partial charge in [0.15, 0.2) is 5.96 Å². The van der Waals surface area contributed by atoms with Gasteiger partial charge in [-0.2, -0.15) is 0 Å². The quantitative estimate of drug-likeness (QED) is 0.219. The molecule has 132 valence electrons. The van der Waals surface area contributed by atoms with Crippen LogP contribution in [0, 0.1) is 5.92 Å². The number of likely N-dealkylation sites (tertiary alicyclic amines) is 1. The Morgan fingerprint density at radius 3 is 2.74 bits per heavy atom. The molecule has 2 fully saturated rings. The van der Waals surface area contributed by atoms with Gasteiger partial charge < -0.3 is 15.0 Å². The van der Waals surface area contributed by atoms with Gasteiger partial charge in [0.1, 0.15) is 0 Å². The summed E-state index contributed by atoms with van der Waals surface area (Å²) >= 11 is 0. The maximum absolute atomic E-state index is 5.68. The van der Waals surface area contributed by atoms with Gasteiger partial charge in [0.2, 0.25) is 0 Å². The molecule has 2 aliphatic heterocycles. The molecule has 0 aromatic rings. The lowest BCUT2D eigenvalue weighted by atomic mass is 10.2. The van der Waals surface area contributed by atoms with Gasteiger partial charge in [-0.25, -0.2) is 0 Å². The van der Waals surface area contributed by atoms with Crippen LogP contribution in [0.25, 0.3) is 0 Å². The molecule has 1 atom stereocenters. The molecule has 1 aliphatic carbocycles. The monoisotopic (exact) mass is 434 g/mol. The number of hydrogen-bond acceptors (Lipinski definition) is 3. The maximum Gasteiger partial charge on any atom is 0.194 e.